The van der Waals surface area contributed by atoms with Crippen LogP contribution >= 0.6 is 0 Å². The Morgan fingerprint density at radius 2 is 1.86 bits per heavy atom. The number of ether oxygens (including phenoxy) is 1. The second kappa shape index (κ2) is 7.65. The maximum absolute atomic E-state index is 13.6. The van der Waals surface area contributed by atoms with Gasteiger partial charge < -0.3 is 14.8 Å². The van der Waals surface area contributed by atoms with Crippen LogP contribution in [-0.2, 0) is 6.54 Å². The monoisotopic (exact) mass is 398 g/mol. The second-order valence-electron chi connectivity index (χ2n) is 6.46. The normalized spacial score (nSPS) is 11.4. The topological polar surface area (TPSA) is 85.3 Å². The Morgan fingerprint density at radius 3 is 2.52 bits per heavy atom. The van der Waals surface area contributed by atoms with E-state index in [-0.39, 0.29) is 23.5 Å². The molecule has 0 saturated carbocycles. The van der Waals surface area contributed by atoms with Crippen LogP contribution in [0.15, 0.2) is 54.7 Å². The number of hydrogen-bond acceptors (Lipinski definition) is 5. The Labute approximate surface area is 164 Å². The molecule has 2 aromatic heterocycles. The molecule has 2 aromatic carbocycles. The number of rotatable bonds is 6. The van der Waals surface area contributed by atoms with Gasteiger partial charge in [0.1, 0.15) is 11.4 Å². The van der Waals surface area contributed by atoms with Gasteiger partial charge in [-0.1, -0.05) is 24.3 Å². The average molecular weight is 398 g/mol. The van der Waals surface area contributed by atoms with Crippen LogP contribution in [0.25, 0.3) is 16.7 Å². The summed E-state index contributed by atoms with van der Waals surface area (Å²) in [6.07, 6.45) is -1.17. The molecule has 2 N–H and O–H groups in total. The molecule has 4 rings (SSSR count). The fourth-order valence-electron chi connectivity index (χ4n) is 3.14. The first-order valence-electron chi connectivity index (χ1n) is 8.80. The van der Waals surface area contributed by atoms with Crippen LogP contribution in [0.4, 0.5) is 8.78 Å². The standard InChI is InChI=1S/C19H17BF2N4O3/c1-29-13-7-5-12(6-8-13)10-25-17(19(21)22)9-18(24-25)26-11-14-15(20(27)28)3-2-4-16(14)23-26/h2-9,11,19,27-28H,10H2,1H3. The van der Waals surface area contributed by atoms with Crippen LogP contribution in [0, 0.1) is 0 Å². The first-order chi connectivity index (χ1) is 14.0. The van der Waals surface area contributed by atoms with E-state index >= 15 is 0 Å². The quantitative estimate of drug-likeness (QED) is 0.485. The highest BCUT2D eigenvalue weighted by Gasteiger charge is 2.20. The Balaban J connectivity index is 1.72. The van der Waals surface area contributed by atoms with E-state index in [0.29, 0.717) is 16.7 Å². The van der Waals surface area contributed by atoms with Crippen LogP contribution < -0.4 is 10.2 Å². The van der Waals surface area contributed by atoms with Crippen LogP contribution in [0.2, 0.25) is 0 Å². The van der Waals surface area contributed by atoms with Crippen LogP contribution in [0.3, 0.4) is 0 Å². The van der Waals surface area contributed by atoms with Crippen molar-refractivity contribution in [2.45, 2.75) is 13.0 Å². The van der Waals surface area contributed by atoms with Gasteiger partial charge in [0.05, 0.1) is 19.2 Å². The maximum atomic E-state index is 13.6. The van der Waals surface area contributed by atoms with Crippen molar-refractivity contribution in [3.8, 4) is 11.6 Å². The van der Waals surface area contributed by atoms with Crippen LogP contribution in [0.5, 0.6) is 5.75 Å². The zero-order chi connectivity index (χ0) is 20.5. The smallest absolute Gasteiger partial charge is 0.489 e. The van der Waals surface area contributed by atoms with Gasteiger partial charge in [-0.25, -0.2) is 13.5 Å². The highest BCUT2D eigenvalue weighted by molar-refractivity contribution is 6.61. The van der Waals surface area contributed by atoms with Gasteiger partial charge in [-0.3, -0.25) is 4.68 Å². The van der Waals surface area contributed by atoms with Gasteiger partial charge in [0.15, 0.2) is 5.82 Å². The molecule has 0 radical (unpaired) electrons. The van der Waals surface area contributed by atoms with E-state index in [1.54, 1.807) is 55.8 Å². The van der Waals surface area contributed by atoms with E-state index in [4.69, 9.17) is 4.74 Å². The summed E-state index contributed by atoms with van der Waals surface area (Å²) in [5.74, 6) is 0.887. The molecule has 2 heterocycles. The van der Waals surface area contributed by atoms with Gasteiger partial charge >= 0.3 is 7.12 Å². The molecule has 0 aliphatic heterocycles. The van der Waals surface area contributed by atoms with Crippen molar-refractivity contribution in [3.05, 3.63) is 66.0 Å². The molecule has 0 fully saturated rings. The van der Waals surface area contributed by atoms with Crippen molar-refractivity contribution in [2.24, 2.45) is 0 Å². The molecule has 10 heteroatoms. The van der Waals surface area contributed by atoms with Crippen molar-refractivity contribution in [2.75, 3.05) is 7.11 Å². The number of aromatic nitrogens is 4. The third-order valence-electron chi connectivity index (χ3n) is 4.61. The largest absolute Gasteiger partial charge is 0.497 e. The number of fused-ring (bicyclic) bond motifs is 1. The fourth-order valence-corrected chi connectivity index (χ4v) is 3.14. The summed E-state index contributed by atoms with van der Waals surface area (Å²) in [6, 6.07) is 13.2. The highest BCUT2D eigenvalue weighted by atomic mass is 19.3. The van der Waals surface area contributed by atoms with Gasteiger partial charge in [-0.15, -0.1) is 0 Å². The lowest BCUT2D eigenvalue weighted by Crippen LogP contribution is -2.30. The van der Waals surface area contributed by atoms with Gasteiger partial charge in [0, 0.05) is 17.6 Å². The van der Waals surface area contributed by atoms with Crippen LogP contribution in [0.1, 0.15) is 17.7 Å². The molecule has 7 nitrogen and oxygen atoms in total. The summed E-state index contributed by atoms with van der Waals surface area (Å²) in [6.45, 7) is 0.158. The lowest BCUT2D eigenvalue weighted by Gasteiger charge is -2.07. The summed E-state index contributed by atoms with van der Waals surface area (Å²) in [5, 5.41) is 28.2. The predicted octanol–water partition coefficient (Wildman–Crippen LogP) is 1.90. The average Bonchev–Trinajstić information content (AvgIpc) is 3.32. The zero-order valence-electron chi connectivity index (χ0n) is 15.4. The number of alkyl halides is 2. The minimum atomic E-state index is -2.71. The van der Waals surface area contributed by atoms with Gasteiger partial charge in [0.25, 0.3) is 6.43 Å². The molecule has 0 bridgehead atoms. The van der Waals surface area contributed by atoms with Crippen molar-refractivity contribution in [1.29, 1.82) is 0 Å². The van der Waals surface area contributed by atoms with Crippen molar-refractivity contribution in [1.82, 2.24) is 19.6 Å². The second-order valence-corrected chi connectivity index (χ2v) is 6.46. The number of methoxy groups -OCH3 is 1. The third-order valence-corrected chi connectivity index (χ3v) is 4.61. The van der Waals surface area contributed by atoms with Gasteiger partial charge in [-0.2, -0.15) is 10.2 Å². The summed E-state index contributed by atoms with van der Waals surface area (Å²) < 4.78 is 34.8. The molecular weight excluding hydrogens is 381 g/mol. The number of halogens is 2. The maximum Gasteiger partial charge on any atom is 0.489 e. The molecule has 0 aliphatic rings. The third kappa shape index (κ3) is 3.72. The molecule has 29 heavy (non-hydrogen) atoms. The summed E-state index contributed by atoms with van der Waals surface area (Å²) in [5.41, 5.74) is 1.33. The highest BCUT2D eigenvalue weighted by Crippen LogP contribution is 2.24. The molecule has 0 saturated heterocycles. The minimum absolute atomic E-state index is 0.158. The van der Waals surface area contributed by atoms with Crippen LogP contribution in [-0.4, -0.2) is 43.8 Å². The lowest BCUT2D eigenvalue weighted by molar-refractivity contribution is 0.139. The number of benzene rings is 2. The number of nitrogens with zero attached hydrogens (tertiary/aromatic N) is 4. The van der Waals surface area contributed by atoms with Crippen molar-refractivity contribution >= 4 is 23.5 Å². The van der Waals surface area contributed by atoms with E-state index in [1.165, 1.54) is 15.4 Å². The van der Waals surface area contributed by atoms with Gasteiger partial charge in [0.2, 0.25) is 0 Å². The minimum Gasteiger partial charge on any atom is -0.497 e. The first kappa shape index (κ1) is 19.1. The fraction of sp³-hybridized carbons (Fsp3) is 0.158. The lowest BCUT2D eigenvalue weighted by atomic mass is 9.78. The Bertz CT molecular complexity index is 1140. The molecular formula is C19H17BF2N4O3. The Morgan fingerprint density at radius 1 is 1.10 bits per heavy atom. The first-order valence-corrected chi connectivity index (χ1v) is 8.80. The molecule has 0 spiro atoms. The molecule has 4 aromatic rings. The molecule has 148 valence electrons. The zero-order valence-corrected chi connectivity index (χ0v) is 15.4. The van der Waals surface area contributed by atoms with Crippen molar-refractivity contribution < 1.29 is 23.6 Å². The number of hydrogen-bond donors (Lipinski definition) is 2. The van der Waals surface area contributed by atoms with Gasteiger partial charge in [-0.05, 0) is 29.2 Å². The summed E-state index contributed by atoms with van der Waals surface area (Å²) in [4.78, 5) is 0. The van der Waals surface area contributed by atoms with E-state index < -0.39 is 13.5 Å². The Kier molecular flexibility index (Phi) is 5.04. The predicted molar refractivity (Wildman–Crippen MR) is 104 cm³/mol. The SMILES string of the molecule is COc1ccc(Cn2nc(-n3cc4c(B(O)O)cccc4n3)cc2C(F)F)cc1. The van der Waals surface area contributed by atoms with E-state index in [1.807, 2.05) is 0 Å². The Hall–Kier alpha value is -3.24. The van der Waals surface area contributed by atoms with E-state index in [0.717, 1.165) is 5.56 Å². The summed E-state index contributed by atoms with van der Waals surface area (Å²) >= 11 is 0. The van der Waals surface area contributed by atoms with Crippen molar-refractivity contribution in [3.63, 3.8) is 0 Å². The van der Waals surface area contributed by atoms with E-state index in [2.05, 4.69) is 10.2 Å². The molecule has 0 aliphatic carbocycles. The van der Waals surface area contributed by atoms with E-state index in [9.17, 15) is 18.8 Å². The molecule has 0 atom stereocenters. The molecule has 0 unspecified atom stereocenters. The molecule has 0 amide bonds. The summed E-state index contributed by atoms with van der Waals surface area (Å²) in [7, 11) is -0.112.